The van der Waals surface area contributed by atoms with Crippen molar-refractivity contribution in [2.24, 2.45) is 0 Å². The van der Waals surface area contributed by atoms with E-state index in [1.54, 1.807) is 20.8 Å². The van der Waals surface area contributed by atoms with Crippen molar-refractivity contribution in [3.05, 3.63) is 59.7 Å². The van der Waals surface area contributed by atoms with E-state index in [-0.39, 0.29) is 25.6 Å². The Morgan fingerprint density at radius 2 is 1.33 bits per heavy atom. The Kier molecular flexibility index (Phi) is 15.3. The van der Waals surface area contributed by atoms with Crippen molar-refractivity contribution in [1.82, 2.24) is 20.9 Å². The highest BCUT2D eigenvalue weighted by Gasteiger charge is 2.51. The number of nitrogens with zero attached hydrogens (tertiary/aromatic N) is 1. The Balaban J connectivity index is 1.45. The van der Waals surface area contributed by atoms with Gasteiger partial charge in [0, 0.05) is 46.7 Å². The fourth-order valence-corrected chi connectivity index (χ4v) is 6.68. The van der Waals surface area contributed by atoms with Crippen molar-refractivity contribution in [3.8, 4) is 11.1 Å². The maximum atomic E-state index is 13.6. The van der Waals surface area contributed by atoms with Crippen molar-refractivity contribution >= 4 is 47.7 Å². The van der Waals surface area contributed by atoms with Crippen LogP contribution in [0.3, 0.4) is 0 Å². The van der Waals surface area contributed by atoms with Crippen LogP contribution in [0.25, 0.3) is 11.1 Å². The minimum Gasteiger partial charge on any atom is -0.463 e. The fourth-order valence-electron chi connectivity index (χ4n) is 6.68. The van der Waals surface area contributed by atoms with Gasteiger partial charge in [0.1, 0.15) is 43.9 Å². The molecule has 2 aromatic rings. The van der Waals surface area contributed by atoms with E-state index in [0.717, 1.165) is 54.8 Å². The molecule has 0 bridgehead atoms. The molecule has 18 nitrogen and oxygen atoms in total. The standard InChI is InChI=1S/C40H50N4O14/c1-22(45)42-35-37(56-25(4)48)36(55-24(3)47)31(21-53-23(2)46)57-38(35)43-32(49)18-33(50)44(19-34(51)58-40(5,6)7)17-16-41-39(52)54-20-30-28-14-10-8-12-26(28)27-13-9-11-15-29(27)30/h8-15,30-31,35-38H,16-21H2,1-7H3,(H,41,52)(H,42,45)(H,43,49)/t31-,35-,36-,37-,38-/m1/s1. The monoisotopic (exact) mass is 810 g/mol. The molecule has 1 saturated heterocycles. The smallest absolute Gasteiger partial charge is 0.407 e. The summed E-state index contributed by atoms with van der Waals surface area (Å²) in [6, 6.07) is 14.3. The molecular formula is C40H50N4O14. The second-order valence-corrected chi connectivity index (χ2v) is 14.7. The minimum atomic E-state index is -1.52. The van der Waals surface area contributed by atoms with E-state index < -0.39 is 103 Å². The highest BCUT2D eigenvalue weighted by atomic mass is 16.6. The number of fused-ring (bicyclic) bond motifs is 3. The van der Waals surface area contributed by atoms with Crippen molar-refractivity contribution < 1.29 is 66.8 Å². The Bertz CT molecular complexity index is 1830. The number of alkyl carbamates (subject to hydrolysis) is 1. The van der Waals surface area contributed by atoms with Crippen molar-refractivity contribution in [3.63, 3.8) is 0 Å². The van der Waals surface area contributed by atoms with E-state index in [0.29, 0.717) is 0 Å². The molecule has 5 atom stereocenters. The highest BCUT2D eigenvalue weighted by Crippen LogP contribution is 2.44. The fraction of sp³-hybridized carbons (Fsp3) is 0.500. The first-order valence-electron chi connectivity index (χ1n) is 18.6. The lowest BCUT2D eigenvalue weighted by Gasteiger charge is -2.45. The number of hydrogen-bond donors (Lipinski definition) is 3. The number of nitrogens with one attached hydrogen (secondary N) is 3. The zero-order valence-electron chi connectivity index (χ0n) is 33.5. The molecule has 18 heteroatoms. The third-order valence-electron chi connectivity index (χ3n) is 8.82. The van der Waals surface area contributed by atoms with Crippen LogP contribution in [0, 0.1) is 0 Å². The Labute approximate surface area is 335 Å². The normalized spacial score (nSPS) is 19.6. The van der Waals surface area contributed by atoms with Gasteiger partial charge in [-0.05, 0) is 43.0 Å². The Morgan fingerprint density at radius 3 is 1.88 bits per heavy atom. The summed E-state index contributed by atoms with van der Waals surface area (Å²) in [4.78, 5) is 102. The molecule has 1 aliphatic carbocycles. The summed E-state index contributed by atoms with van der Waals surface area (Å²) in [7, 11) is 0. The molecule has 314 valence electrons. The van der Waals surface area contributed by atoms with E-state index >= 15 is 0 Å². The van der Waals surface area contributed by atoms with Gasteiger partial charge in [0.05, 0.1) is 0 Å². The number of amides is 4. The third kappa shape index (κ3) is 12.7. The zero-order valence-corrected chi connectivity index (χ0v) is 33.5. The maximum absolute atomic E-state index is 13.6. The van der Waals surface area contributed by atoms with E-state index in [1.165, 1.54) is 0 Å². The quantitative estimate of drug-likeness (QED) is 0.133. The van der Waals surface area contributed by atoms with Gasteiger partial charge >= 0.3 is 30.0 Å². The van der Waals surface area contributed by atoms with Gasteiger partial charge < -0.3 is 49.3 Å². The molecule has 58 heavy (non-hydrogen) atoms. The molecule has 1 fully saturated rings. The van der Waals surface area contributed by atoms with Crippen LogP contribution in [0.5, 0.6) is 0 Å². The lowest BCUT2D eigenvalue weighted by atomic mass is 9.95. The number of rotatable bonds is 15. The number of carbonyl (C=O) groups excluding carboxylic acids is 8. The molecule has 0 saturated carbocycles. The van der Waals surface area contributed by atoms with Crippen molar-refractivity contribution in [2.75, 3.05) is 32.8 Å². The largest absolute Gasteiger partial charge is 0.463 e. The molecule has 1 aliphatic heterocycles. The predicted molar refractivity (Wildman–Crippen MR) is 202 cm³/mol. The number of hydrogen-bond acceptors (Lipinski definition) is 14. The Hall–Kier alpha value is -6.04. The van der Waals surface area contributed by atoms with Gasteiger partial charge in [-0.3, -0.25) is 33.6 Å². The lowest BCUT2D eigenvalue weighted by Crippen LogP contribution is -2.69. The molecule has 3 N–H and O–H groups in total. The summed E-state index contributed by atoms with van der Waals surface area (Å²) >= 11 is 0. The molecule has 1 heterocycles. The van der Waals surface area contributed by atoms with E-state index in [4.69, 9.17) is 28.4 Å². The lowest BCUT2D eigenvalue weighted by molar-refractivity contribution is -0.228. The van der Waals surface area contributed by atoms with Gasteiger partial charge in [-0.25, -0.2) is 4.79 Å². The second-order valence-electron chi connectivity index (χ2n) is 14.7. The number of esters is 4. The first kappa shape index (κ1) is 44.7. The molecule has 4 amide bonds. The molecule has 2 aromatic carbocycles. The van der Waals surface area contributed by atoms with Crippen LogP contribution in [-0.2, 0) is 62.0 Å². The van der Waals surface area contributed by atoms with Crippen molar-refractivity contribution in [1.29, 1.82) is 0 Å². The molecular weight excluding hydrogens is 760 g/mol. The summed E-state index contributed by atoms with van der Waals surface area (Å²) in [5, 5.41) is 7.58. The number of benzene rings is 2. The van der Waals surface area contributed by atoms with Gasteiger partial charge in [0.25, 0.3) is 0 Å². The van der Waals surface area contributed by atoms with Gasteiger partial charge in [-0.1, -0.05) is 48.5 Å². The minimum absolute atomic E-state index is 0.0466. The second kappa shape index (κ2) is 19.9. The van der Waals surface area contributed by atoms with E-state index in [1.807, 2.05) is 48.5 Å². The molecule has 0 radical (unpaired) electrons. The summed E-state index contributed by atoms with van der Waals surface area (Å²) in [6.45, 7) is 7.90. The van der Waals surface area contributed by atoms with Gasteiger partial charge in [0.2, 0.25) is 17.7 Å². The predicted octanol–water partition coefficient (Wildman–Crippen LogP) is 1.86. The number of carbonyl (C=O) groups is 8. The van der Waals surface area contributed by atoms with Gasteiger partial charge in [-0.15, -0.1) is 0 Å². The summed E-state index contributed by atoms with van der Waals surface area (Å²) < 4.78 is 32.8. The summed E-state index contributed by atoms with van der Waals surface area (Å²) in [6.07, 6.45) is -7.30. The third-order valence-corrected chi connectivity index (χ3v) is 8.82. The first-order chi connectivity index (χ1) is 27.3. The maximum Gasteiger partial charge on any atom is 0.407 e. The SMILES string of the molecule is CC(=O)N[C@@H]1[C@@H](OC(C)=O)[C@H](OC(C)=O)[C@@H](COC(C)=O)O[C@H]1NC(=O)CC(=O)N(CCNC(=O)OCC1c2ccccc2-c2ccccc21)CC(=O)OC(C)(C)C. The van der Waals surface area contributed by atoms with Crippen LogP contribution in [0.1, 0.15) is 71.9 Å². The van der Waals surface area contributed by atoms with Gasteiger partial charge in [-0.2, -0.15) is 0 Å². The molecule has 0 unspecified atom stereocenters. The summed E-state index contributed by atoms with van der Waals surface area (Å²) in [5.41, 5.74) is 3.27. The van der Waals surface area contributed by atoms with Crippen LogP contribution in [-0.4, -0.2) is 122 Å². The van der Waals surface area contributed by atoms with Crippen LogP contribution in [0.4, 0.5) is 4.79 Å². The number of ether oxygens (including phenoxy) is 6. The average Bonchev–Trinajstić information content (AvgIpc) is 3.44. The molecule has 4 rings (SSSR count). The molecule has 0 aromatic heterocycles. The topological polar surface area (TPSA) is 231 Å². The molecule has 0 spiro atoms. The van der Waals surface area contributed by atoms with Crippen LogP contribution >= 0.6 is 0 Å². The summed E-state index contributed by atoms with van der Waals surface area (Å²) in [5.74, 6) is -5.79. The first-order valence-corrected chi connectivity index (χ1v) is 18.6. The van der Waals surface area contributed by atoms with Crippen LogP contribution in [0.2, 0.25) is 0 Å². The van der Waals surface area contributed by atoms with Crippen molar-refractivity contribution in [2.45, 2.75) is 97.0 Å². The Morgan fingerprint density at radius 1 is 0.741 bits per heavy atom. The highest BCUT2D eigenvalue weighted by molar-refractivity contribution is 5.98. The zero-order chi connectivity index (χ0) is 42.7. The molecule has 2 aliphatic rings. The van der Waals surface area contributed by atoms with E-state index in [2.05, 4.69) is 16.0 Å². The van der Waals surface area contributed by atoms with Crippen LogP contribution in [0.15, 0.2) is 48.5 Å². The average molecular weight is 811 g/mol. The van der Waals surface area contributed by atoms with Crippen LogP contribution < -0.4 is 16.0 Å². The van der Waals surface area contributed by atoms with Gasteiger partial charge in [0.15, 0.2) is 18.4 Å². The van der Waals surface area contributed by atoms with E-state index in [9.17, 15) is 38.4 Å².